The van der Waals surface area contributed by atoms with E-state index in [0.29, 0.717) is 31.6 Å². The molecule has 0 aromatic heterocycles. The summed E-state index contributed by atoms with van der Waals surface area (Å²) in [5, 5.41) is 3.00. The quantitative estimate of drug-likeness (QED) is 0.536. The lowest BCUT2D eigenvalue weighted by molar-refractivity contribution is -0.121. The highest BCUT2D eigenvalue weighted by Gasteiger charge is 2.15. The summed E-state index contributed by atoms with van der Waals surface area (Å²) in [7, 11) is 0. The Morgan fingerprint density at radius 1 is 1.07 bits per heavy atom. The number of fused-ring (bicyclic) bond motifs is 1. The second kappa shape index (κ2) is 10.0. The molecule has 1 aliphatic rings. The summed E-state index contributed by atoms with van der Waals surface area (Å²) >= 11 is 0. The molecular formula is C23H28N2O3. The van der Waals surface area contributed by atoms with Crippen molar-refractivity contribution < 1.29 is 14.3 Å². The third kappa shape index (κ3) is 5.92. The fraction of sp³-hybridized carbons (Fsp3) is 0.391. The van der Waals surface area contributed by atoms with Gasteiger partial charge in [-0.3, -0.25) is 14.5 Å². The highest BCUT2D eigenvalue weighted by Crippen LogP contribution is 2.17. The Morgan fingerprint density at radius 3 is 2.57 bits per heavy atom. The minimum Gasteiger partial charge on any atom is -0.494 e. The Balaban J connectivity index is 1.27. The summed E-state index contributed by atoms with van der Waals surface area (Å²) in [5.74, 6) is 0.820. The van der Waals surface area contributed by atoms with Crippen LogP contribution in [0.4, 0.5) is 0 Å². The standard InChI is InChI=1S/C23H28N2O3/c1-18(26)19-8-10-22(11-9-19)28-16-4-7-23(27)24-13-15-25-14-12-20-5-2-3-6-21(20)17-25/h2-3,5-6,8-11H,4,7,12-17H2,1H3,(H,24,27). The minimum absolute atomic E-state index is 0.0389. The maximum atomic E-state index is 12.0. The number of nitrogens with one attached hydrogen (secondary N) is 1. The Kier molecular flexibility index (Phi) is 7.20. The molecule has 0 aliphatic carbocycles. The normalized spacial score (nSPS) is 13.6. The second-order valence-electron chi connectivity index (χ2n) is 7.18. The van der Waals surface area contributed by atoms with Crippen molar-refractivity contribution in [2.24, 2.45) is 0 Å². The first-order valence-electron chi connectivity index (χ1n) is 9.91. The lowest BCUT2D eigenvalue weighted by Gasteiger charge is -2.28. The van der Waals surface area contributed by atoms with Gasteiger partial charge in [0.05, 0.1) is 6.61 Å². The Morgan fingerprint density at radius 2 is 1.82 bits per heavy atom. The molecule has 148 valence electrons. The minimum atomic E-state index is 0.0389. The van der Waals surface area contributed by atoms with Crippen LogP contribution in [0.5, 0.6) is 5.75 Å². The number of carbonyl (C=O) groups is 2. The summed E-state index contributed by atoms with van der Waals surface area (Å²) in [6, 6.07) is 15.7. The van der Waals surface area contributed by atoms with Gasteiger partial charge in [-0.2, -0.15) is 0 Å². The van der Waals surface area contributed by atoms with E-state index in [0.717, 1.165) is 31.8 Å². The molecule has 0 saturated heterocycles. The molecule has 1 amide bonds. The Hall–Kier alpha value is -2.66. The molecule has 2 aromatic carbocycles. The monoisotopic (exact) mass is 380 g/mol. The van der Waals surface area contributed by atoms with Crippen LogP contribution in [0, 0.1) is 0 Å². The molecule has 1 heterocycles. The number of carbonyl (C=O) groups excluding carboxylic acids is 2. The van der Waals surface area contributed by atoms with Crippen molar-refractivity contribution in [1.82, 2.24) is 10.2 Å². The maximum Gasteiger partial charge on any atom is 0.220 e. The third-order valence-corrected chi connectivity index (χ3v) is 5.04. The number of ketones is 1. The van der Waals surface area contributed by atoms with Crippen LogP contribution in [0.2, 0.25) is 0 Å². The molecule has 28 heavy (non-hydrogen) atoms. The molecule has 0 spiro atoms. The molecule has 2 aromatic rings. The van der Waals surface area contributed by atoms with Gasteiger partial charge in [0.25, 0.3) is 0 Å². The van der Waals surface area contributed by atoms with Crippen molar-refractivity contribution in [1.29, 1.82) is 0 Å². The van der Waals surface area contributed by atoms with Gasteiger partial charge >= 0.3 is 0 Å². The molecule has 0 saturated carbocycles. The van der Waals surface area contributed by atoms with Crippen LogP contribution in [0.15, 0.2) is 48.5 Å². The molecule has 0 bridgehead atoms. The number of nitrogens with zero attached hydrogens (tertiary/aromatic N) is 1. The number of hydrogen-bond acceptors (Lipinski definition) is 4. The molecule has 0 unspecified atom stereocenters. The first-order chi connectivity index (χ1) is 13.6. The molecular weight excluding hydrogens is 352 g/mol. The fourth-order valence-corrected chi connectivity index (χ4v) is 3.40. The zero-order valence-corrected chi connectivity index (χ0v) is 16.4. The fourth-order valence-electron chi connectivity index (χ4n) is 3.40. The average molecular weight is 380 g/mol. The predicted molar refractivity (Wildman–Crippen MR) is 110 cm³/mol. The van der Waals surface area contributed by atoms with Crippen molar-refractivity contribution in [3.8, 4) is 5.75 Å². The molecule has 0 fully saturated rings. The molecule has 0 atom stereocenters. The lowest BCUT2D eigenvalue weighted by atomic mass is 10.00. The van der Waals surface area contributed by atoms with E-state index in [2.05, 4.69) is 34.5 Å². The van der Waals surface area contributed by atoms with Gasteiger partial charge < -0.3 is 10.1 Å². The molecule has 1 aliphatic heterocycles. The second-order valence-corrected chi connectivity index (χ2v) is 7.18. The first-order valence-corrected chi connectivity index (χ1v) is 9.91. The Bertz CT molecular complexity index is 802. The van der Waals surface area contributed by atoms with Crippen molar-refractivity contribution >= 4 is 11.7 Å². The van der Waals surface area contributed by atoms with E-state index >= 15 is 0 Å². The van der Waals surface area contributed by atoms with Gasteiger partial charge in [-0.05, 0) is 55.2 Å². The average Bonchev–Trinajstić information content (AvgIpc) is 2.71. The van der Waals surface area contributed by atoms with Crippen molar-refractivity contribution in [3.63, 3.8) is 0 Å². The van der Waals surface area contributed by atoms with Crippen LogP contribution in [0.25, 0.3) is 0 Å². The summed E-state index contributed by atoms with van der Waals surface area (Å²) in [5.41, 5.74) is 3.51. The lowest BCUT2D eigenvalue weighted by Crippen LogP contribution is -2.37. The van der Waals surface area contributed by atoms with E-state index < -0.39 is 0 Å². The predicted octanol–water partition coefficient (Wildman–Crippen LogP) is 3.22. The van der Waals surface area contributed by atoms with Gasteiger partial charge in [-0.1, -0.05) is 24.3 Å². The van der Waals surface area contributed by atoms with E-state index in [-0.39, 0.29) is 11.7 Å². The molecule has 0 radical (unpaired) electrons. The van der Waals surface area contributed by atoms with Crippen LogP contribution < -0.4 is 10.1 Å². The van der Waals surface area contributed by atoms with Gasteiger partial charge in [0.1, 0.15) is 5.75 Å². The van der Waals surface area contributed by atoms with Gasteiger partial charge in [0.2, 0.25) is 5.91 Å². The highest BCUT2D eigenvalue weighted by molar-refractivity contribution is 5.94. The topological polar surface area (TPSA) is 58.6 Å². The van der Waals surface area contributed by atoms with Gasteiger partial charge in [-0.25, -0.2) is 0 Å². The Labute approximate surface area is 166 Å². The molecule has 5 heteroatoms. The van der Waals surface area contributed by atoms with E-state index in [9.17, 15) is 9.59 Å². The summed E-state index contributed by atoms with van der Waals surface area (Å²) in [6.07, 6.45) is 2.20. The first kappa shape index (κ1) is 20.1. The van der Waals surface area contributed by atoms with Gasteiger partial charge in [-0.15, -0.1) is 0 Å². The van der Waals surface area contributed by atoms with E-state index in [1.807, 2.05) is 0 Å². The number of rotatable bonds is 9. The van der Waals surface area contributed by atoms with Crippen molar-refractivity contribution in [2.75, 3.05) is 26.2 Å². The van der Waals surface area contributed by atoms with Crippen LogP contribution >= 0.6 is 0 Å². The zero-order chi connectivity index (χ0) is 19.8. The van der Waals surface area contributed by atoms with Crippen molar-refractivity contribution in [3.05, 3.63) is 65.2 Å². The number of ether oxygens (including phenoxy) is 1. The summed E-state index contributed by atoms with van der Waals surface area (Å²) < 4.78 is 5.62. The van der Waals surface area contributed by atoms with Crippen LogP contribution in [0.3, 0.4) is 0 Å². The van der Waals surface area contributed by atoms with Gasteiger partial charge in [0, 0.05) is 38.2 Å². The van der Waals surface area contributed by atoms with E-state index in [1.54, 1.807) is 31.2 Å². The SMILES string of the molecule is CC(=O)c1ccc(OCCCC(=O)NCCN2CCc3ccccc3C2)cc1. The number of amides is 1. The van der Waals surface area contributed by atoms with Crippen LogP contribution in [0.1, 0.15) is 41.3 Å². The molecule has 1 N–H and O–H groups in total. The summed E-state index contributed by atoms with van der Waals surface area (Å²) in [6.45, 7) is 5.58. The van der Waals surface area contributed by atoms with E-state index in [4.69, 9.17) is 4.74 Å². The van der Waals surface area contributed by atoms with E-state index in [1.165, 1.54) is 11.1 Å². The smallest absolute Gasteiger partial charge is 0.220 e. The van der Waals surface area contributed by atoms with Gasteiger partial charge in [0.15, 0.2) is 5.78 Å². The van der Waals surface area contributed by atoms with Crippen molar-refractivity contribution in [2.45, 2.75) is 32.7 Å². The zero-order valence-electron chi connectivity index (χ0n) is 16.4. The molecule has 3 rings (SSSR count). The highest BCUT2D eigenvalue weighted by atomic mass is 16.5. The third-order valence-electron chi connectivity index (χ3n) is 5.04. The van der Waals surface area contributed by atoms with Crippen LogP contribution in [-0.2, 0) is 17.8 Å². The maximum absolute atomic E-state index is 12.0. The van der Waals surface area contributed by atoms with Crippen LogP contribution in [-0.4, -0.2) is 42.8 Å². The summed E-state index contributed by atoms with van der Waals surface area (Å²) in [4.78, 5) is 25.6. The molecule has 5 nitrogen and oxygen atoms in total. The number of hydrogen-bond donors (Lipinski definition) is 1. The number of Topliss-reactive ketones (excluding diaryl/α,β-unsaturated/α-hetero) is 1. The number of benzene rings is 2. The largest absolute Gasteiger partial charge is 0.494 e.